The molecule has 0 saturated carbocycles. The largest absolute Gasteiger partial charge is 0.337 e. The highest BCUT2D eigenvalue weighted by molar-refractivity contribution is 7.15. The summed E-state index contributed by atoms with van der Waals surface area (Å²) in [5, 5.41) is 8.13. The lowest BCUT2D eigenvalue weighted by Crippen LogP contribution is -2.27. The van der Waals surface area contributed by atoms with Crippen LogP contribution in [0.25, 0.3) is 10.6 Å². The van der Waals surface area contributed by atoms with Crippen molar-refractivity contribution < 1.29 is 4.79 Å². The van der Waals surface area contributed by atoms with Gasteiger partial charge in [-0.15, -0.1) is 11.3 Å². The Balaban J connectivity index is 1.87. The Labute approximate surface area is 115 Å². The van der Waals surface area contributed by atoms with E-state index in [4.69, 9.17) is 0 Å². The Bertz CT molecular complexity index is 610. The van der Waals surface area contributed by atoms with E-state index in [1.165, 1.54) is 0 Å². The van der Waals surface area contributed by atoms with Crippen molar-refractivity contribution in [3.8, 4) is 10.6 Å². The number of hydrogen-bond acceptors (Lipinski definition) is 4. The van der Waals surface area contributed by atoms with E-state index in [0.29, 0.717) is 5.69 Å². The Kier molecular flexibility index (Phi) is 3.10. The quantitative estimate of drug-likeness (QED) is 0.916. The zero-order valence-corrected chi connectivity index (χ0v) is 11.9. The van der Waals surface area contributed by atoms with Gasteiger partial charge in [0.2, 0.25) is 0 Å². The highest BCUT2D eigenvalue weighted by Gasteiger charge is 2.22. The first-order valence-electron chi connectivity index (χ1n) is 6.44. The Morgan fingerprint density at radius 1 is 1.37 bits per heavy atom. The third-order valence-corrected chi connectivity index (χ3v) is 4.44. The van der Waals surface area contributed by atoms with Crippen LogP contribution in [-0.4, -0.2) is 39.1 Å². The highest BCUT2D eigenvalue weighted by Crippen LogP contribution is 2.28. The number of aromatic amines is 1. The number of aromatic nitrogens is 3. The predicted octanol–water partition coefficient (Wildman–Crippen LogP) is 2.39. The van der Waals surface area contributed by atoms with Crippen molar-refractivity contribution in [2.75, 3.05) is 13.1 Å². The molecule has 1 aliphatic heterocycles. The number of carbonyl (C=O) groups excluding carboxylic acids is 1. The maximum Gasteiger partial charge on any atom is 0.274 e. The zero-order valence-electron chi connectivity index (χ0n) is 11.1. The zero-order chi connectivity index (χ0) is 13.4. The minimum absolute atomic E-state index is 0.0268. The van der Waals surface area contributed by atoms with Crippen LogP contribution in [0.15, 0.2) is 6.07 Å². The molecule has 1 aliphatic rings. The van der Waals surface area contributed by atoms with Crippen LogP contribution in [0.5, 0.6) is 0 Å². The summed E-state index contributed by atoms with van der Waals surface area (Å²) >= 11 is 1.62. The second-order valence-corrected chi connectivity index (χ2v) is 6.02. The van der Waals surface area contributed by atoms with Gasteiger partial charge in [-0.3, -0.25) is 9.89 Å². The molecular weight excluding hydrogens is 260 g/mol. The number of H-pyrrole nitrogens is 1. The van der Waals surface area contributed by atoms with Gasteiger partial charge in [-0.05, 0) is 32.8 Å². The topological polar surface area (TPSA) is 61.9 Å². The van der Waals surface area contributed by atoms with E-state index in [9.17, 15) is 4.79 Å². The number of hydrogen-bond donors (Lipinski definition) is 1. The van der Waals surface area contributed by atoms with Gasteiger partial charge in [-0.1, -0.05) is 0 Å². The van der Waals surface area contributed by atoms with Crippen LogP contribution >= 0.6 is 11.3 Å². The SMILES string of the molecule is Cc1nc(C)c(-c2cc(C(=O)N3CCCC3)n[nH]2)s1. The molecule has 0 radical (unpaired) electrons. The van der Waals surface area contributed by atoms with Gasteiger partial charge in [0.15, 0.2) is 5.69 Å². The number of aryl methyl sites for hydroxylation is 2. The summed E-state index contributed by atoms with van der Waals surface area (Å²) in [5.41, 5.74) is 2.36. The summed E-state index contributed by atoms with van der Waals surface area (Å²) in [4.78, 5) is 19.5. The first kappa shape index (κ1) is 12.3. The van der Waals surface area contributed by atoms with Crippen molar-refractivity contribution in [3.05, 3.63) is 22.5 Å². The van der Waals surface area contributed by atoms with Gasteiger partial charge in [0.1, 0.15) is 0 Å². The molecule has 2 aromatic heterocycles. The van der Waals surface area contributed by atoms with Crippen molar-refractivity contribution in [1.82, 2.24) is 20.1 Å². The monoisotopic (exact) mass is 276 g/mol. The summed E-state index contributed by atoms with van der Waals surface area (Å²) in [7, 11) is 0. The number of nitrogens with one attached hydrogen (secondary N) is 1. The second-order valence-electron chi connectivity index (χ2n) is 4.81. The standard InChI is InChI=1S/C13H16N4OS/c1-8-12(19-9(2)14-8)10-7-11(16-15-10)13(18)17-5-3-4-6-17/h7H,3-6H2,1-2H3,(H,15,16). The molecule has 3 heterocycles. The average molecular weight is 276 g/mol. The number of thiazole rings is 1. The number of likely N-dealkylation sites (tertiary alicyclic amines) is 1. The molecular formula is C13H16N4OS. The van der Waals surface area contributed by atoms with Gasteiger partial charge >= 0.3 is 0 Å². The maximum absolute atomic E-state index is 12.2. The fourth-order valence-electron chi connectivity index (χ4n) is 2.41. The van der Waals surface area contributed by atoms with Crippen LogP contribution in [0.1, 0.15) is 34.0 Å². The first-order valence-corrected chi connectivity index (χ1v) is 7.26. The number of rotatable bonds is 2. The van der Waals surface area contributed by atoms with Gasteiger partial charge in [-0.25, -0.2) is 4.98 Å². The van der Waals surface area contributed by atoms with Crippen LogP contribution in [0, 0.1) is 13.8 Å². The Morgan fingerprint density at radius 2 is 2.11 bits per heavy atom. The molecule has 0 unspecified atom stereocenters. The molecule has 1 amide bonds. The molecule has 100 valence electrons. The molecule has 0 bridgehead atoms. The van der Waals surface area contributed by atoms with E-state index in [1.807, 2.05) is 24.8 Å². The lowest BCUT2D eigenvalue weighted by Gasteiger charge is -2.12. The van der Waals surface area contributed by atoms with E-state index >= 15 is 0 Å². The summed E-state index contributed by atoms with van der Waals surface area (Å²) < 4.78 is 0. The van der Waals surface area contributed by atoms with Gasteiger partial charge in [-0.2, -0.15) is 5.10 Å². The molecule has 1 fully saturated rings. The number of amides is 1. The summed E-state index contributed by atoms with van der Waals surface area (Å²) in [6.07, 6.45) is 2.19. The van der Waals surface area contributed by atoms with Gasteiger partial charge in [0.05, 0.1) is 21.3 Å². The van der Waals surface area contributed by atoms with Gasteiger partial charge < -0.3 is 4.90 Å². The normalized spacial score (nSPS) is 15.2. The summed E-state index contributed by atoms with van der Waals surface area (Å²) in [6.45, 7) is 5.65. The Morgan fingerprint density at radius 3 is 2.74 bits per heavy atom. The molecule has 19 heavy (non-hydrogen) atoms. The van der Waals surface area contributed by atoms with Crippen molar-refractivity contribution >= 4 is 17.2 Å². The minimum Gasteiger partial charge on any atom is -0.337 e. The lowest BCUT2D eigenvalue weighted by molar-refractivity contribution is 0.0787. The van der Waals surface area contributed by atoms with E-state index in [-0.39, 0.29) is 5.91 Å². The minimum atomic E-state index is 0.0268. The van der Waals surface area contributed by atoms with Crippen LogP contribution in [0.2, 0.25) is 0 Å². The third kappa shape index (κ3) is 2.28. The predicted molar refractivity (Wildman–Crippen MR) is 74.3 cm³/mol. The fourth-order valence-corrected chi connectivity index (χ4v) is 3.30. The molecule has 0 spiro atoms. The maximum atomic E-state index is 12.2. The average Bonchev–Trinajstić information content (AvgIpc) is 3.08. The van der Waals surface area contributed by atoms with Crippen LogP contribution < -0.4 is 0 Å². The highest BCUT2D eigenvalue weighted by atomic mass is 32.1. The molecule has 0 aliphatic carbocycles. The smallest absolute Gasteiger partial charge is 0.274 e. The van der Waals surface area contributed by atoms with E-state index in [1.54, 1.807) is 11.3 Å². The molecule has 0 aromatic carbocycles. The molecule has 2 aromatic rings. The van der Waals surface area contributed by atoms with E-state index in [2.05, 4.69) is 15.2 Å². The fraction of sp³-hybridized carbons (Fsp3) is 0.462. The second kappa shape index (κ2) is 4.77. The summed E-state index contributed by atoms with van der Waals surface area (Å²) in [6, 6.07) is 1.83. The van der Waals surface area contributed by atoms with Crippen LogP contribution in [0.4, 0.5) is 0 Å². The van der Waals surface area contributed by atoms with Crippen molar-refractivity contribution in [3.63, 3.8) is 0 Å². The van der Waals surface area contributed by atoms with Crippen molar-refractivity contribution in [1.29, 1.82) is 0 Å². The first-order chi connectivity index (χ1) is 9.15. The molecule has 6 heteroatoms. The summed E-state index contributed by atoms with van der Waals surface area (Å²) in [5.74, 6) is 0.0268. The molecule has 0 atom stereocenters. The van der Waals surface area contributed by atoms with E-state index < -0.39 is 0 Å². The number of carbonyl (C=O) groups is 1. The lowest BCUT2D eigenvalue weighted by atomic mass is 10.2. The molecule has 5 nitrogen and oxygen atoms in total. The Hall–Kier alpha value is -1.69. The molecule has 1 N–H and O–H groups in total. The third-order valence-electron chi connectivity index (χ3n) is 3.34. The molecule has 3 rings (SSSR count). The number of nitrogens with zero attached hydrogens (tertiary/aromatic N) is 3. The van der Waals surface area contributed by atoms with Gasteiger partial charge in [0.25, 0.3) is 5.91 Å². The van der Waals surface area contributed by atoms with Crippen molar-refractivity contribution in [2.24, 2.45) is 0 Å². The molecule has 1 saturated heterocycles. The van der Waals surface area contributed by atoms with Crippen LogP contribution in [-0.2, 0) is 0 Å². The van der Waals surface area contributed by atoms with Crippen molar-refractivity contribution in [2.45, 2.75) is 26.7 Å². The van der Waals surface area contributed by atoms with E-state index in [0.717, 1.165) is 47.2 Å². The van der Waals surface area contributed by atoms with Gasteiger partial charge in [0, 0.05) is 13.1 Å². The van der Waals surface area contributed by atoms with Crippen LogP contribution in [0.3, 0.4) is 0 Å².